The molecule has 1 aromatic carbocycles. The number of nitrogens with zero attached hydrogens (tertiary/aromatic N) is 1. The summed E-state index contributed by atoms with van der Waals surface area (Å²) in [6.45, 7) is 6.90. The highest BCUT2D eigenvalue weighted by Gasteiger charge is 2.36. The van der Waals surface area contributed by atoms with Crippen LogP contribution in [0.2, 0.25) is 0 Å². The van der Waals surface area contributed by atoms with E-state index in [0.717, 1.165) is 31.7 Å². The predicted octanol–water partition coefficient (Wildman–Crippen LogP) is 1.52. The van der Waals surface area contributed by atoms with Crippen LogP contribution in [-0.4, -0.2) is 48.7 Å². The van der Waals surface area contributed by atoms with Crippen LogP contribution in [0.3, 0.4) is 0 Å². The van der Waals surface area contributed by atoms with E-state index in [2.05, 4.69) is 36.2 Å². The van der Waals surface area contributed by atoms with Crippen LogP contribution in [0.4, 0.5) is 0 Å². The summed E-state index contributed by atoms with van der Waals surface area (Å²) in [6.07, 6.45) is 1.78. The van der Waals surface area contributed by atoms with Crippen LogP contribution in [0.5, 0.6) is 0 Å². The molecule has 0 radical (unpaired) electrons. The first kappa shape index (κ1) is 14.5. The van der Waals surface area contributed by atoms with E-state index >= 15 is 0 Å². The number of ether oxygens (including phenoxy) is 1. The molecular weight excluding hydrogens is 264 g/mol. The fraction of sp³-hybridized carbons (Fsp3) is 0.588. The molecule has 2 heterocycles. The number of hydrogen-bond acceptors (Lipinski definition) is 3. The van der Waals surface area contributed by atoms with Crippen molar-refractivity contribution in [2.45, 2.75) is 44.9 Å². The average molecular weight is 288 g/mol. The summed E-state index contributed by atoms with van der Waals surface area (Å²) in [4.78, 5) is 14.6. The molecule has 2 saturated heterocycles. The summed E-state index contributed by atoms with van der Waals surface area (Å²) in [6, 6.07) is 8.89. The van der Waals surface area contributed by atoms with Crippen LogP contribution in [0.15, 0.2) is 24.3 Å². The summed E-state index contributed by atoms with van der Waals surface area (Å²) < 4.78 is 5.70. The number of rotatable bonds is 3. The molecule has 114 valence electrons. The molecule has 0 spiro atoms. The van der Waals surface area contributed by atoms with Gasteiger partial charge in [0.25, 0.3) is 0 Å². The monoisotopic (exact) mass is 288 g/mol. The molecule has 1 aromatic rings. The molecule has 1 N–H and O–H groups in total. The first-order valence-electron chi connectivity index (χ1n) is 7.80. The van der Waals surface area contributed by atoms with Gasteiger partial charge in [0.05, 0.1) is 19.1 Å². The van der Waals surface area contributed by atoms with Gasteiger partial charge in [0.2, 0.25) is 5.91 Å². The Morgan fingerprint density at radius 1 is 1.43 bits per heavy atom. The van der Waals surface area contributed by atoms with Gasteiger partial charge in [0.1, 0.15) is 0 Å². The van der Waals surface area contributed by atoms with Crippen LogP contribution >= 0.6 is 0 Å². The van der Waals surface area contributed by atoms with Gasteiger partial charge in [-0.25, -0.2) is 0 Å². The minimum atomic E-state index is 0.124. The lowest BCUT2D eigenvalue weighted by Crippen LogP contribution is -2.45. The van der Waals surface area contributed by atoms with Crippen LogP contribution in [0.1, 0.15) is 24.5 Å². The number of nitrogens with one attached hydrogen (secondary N) is 1. The zero-order chi connectivity index (χ0) is 14.8. The molecule has 21 heavy (non-hydrogen) atoms. The van der Waals surface area contributed by atoms with Crippen molar-refractivity contribution < 1.29 is 9.53 Å². The molecule has 2 aliphatic heterocycles. The van der Waals surface area contributed by atoms with E-state index in [0.29, 0.717) is 18.6 Å². The summed E-state index contributed by atoms with van der Waals surface area (Å²) in [5.41, 5.74) is 2.28. The number of hydrogen-bond donors (Lipinski definition) is 1. The Morgan fingerprint density at radius 2 is 2.29 bits per heavy atom. The van der Waals surface area contributed by atoms with Gasteiger partial charge in [-0.15, -0.1) is 0 Å². The quantitative estimate of drug-likeness (QED) is 0.917. The Kier molecular flexibility index (Phi) is 4.27. The van der Waals surface area contributed by atoms with Crippen molar-refractivity contribution in [2.24, 2.45) is 0 Å². The molecule has 3 atom stereocenters. The molecule has 4 nitrogen and oxygen atoms in total. The van der Waals surface area contributed by atoms with E-state index in [4.69, 9.17) is 4.74 Å². The number of carbonyl (C=O) groups excluding carboxylic acids is 1. The maximum Gasteiger partial charge on any atom is 0.224 e. The largest absolute Gasteiger partial charge is 0.376 e. The first-order valence-corrected chi connectivity index (χ1v) is 7.80. The molecule has 4 heteroatoms. The predicted molar refractivity (Wildman–Crippen MR) is 82.2 cm³/mol. The molecular formula is C17H24N2O2. The minimum absolute atomic E-state index is 0.124. The summed E-state index contributed by atoms with van der Waals surface area (Å²) in [7, 11) is 0. The maximum atomic E-state index is 12.2. The lowest BCUT2D eigenvalue weighted by atomic mass is 10.1. The number of amides is 1. The zero-order valence-electron chi connectivity index (χ0n) is 12.8. The molecule has 2 aliphatic rings. The van der Waals surface area contributed by atoms with E-state index in [1.165, 1.54) is 5.56 Å². The third-order valence-electron chi connectivity index (χ3n) is 4.40. The van der Waals surface area contributed by atoms with Crippen LogP contribution in [0, 0.1) is 6.92 Å². The number of carbonyl (C=O) groups is 1. The summed E-state index contributed by atoms with van der Waals surface area (Å²) >= 11 is 0. The molecule has 1 amide bonds. The number of aryl methyl sites for hydroxylation is 1. The Hall–Kier alpha value is -1.39. The molecule has 0 saturated carbocycles. The highest BCUT2D eigenvalue weighted by Crippen LogP contribution is 2.23. The SMILES string of the molecule is Cc1cccc(CC(=O)N[C@H]2C[C@H]3CO[C@@H](C)CN3C2)c1. The van der Waals surface area contributed by atoms with E-state index in [-0.39, 0.29) is 11.9 Å². The molecule has 0 unspecified atom stereocenters. The Bertz CT molecular complexity index is 517. The van der Waals surface area contributed by atoms with E-state index < -0.39 is 0 Å². The van der Waals surface area contributed by atoms with E-state index in [1.807, 2.05) is 12.1 Å². The lowest BCUT2D eigenvalue weighted by molar-refractivity contribution is -0.121. The van der Waals surface area contributed by atoms with Crippen molar-refractivity contribution in [3.8, 4) is 0 Å². The number of morpholine rings is 1. The fourth-order valence-corrected chi connectivity index (χ4v) is 3.43. The molecule has 0 aliphatic carbocycles. The second kappa shape index (κ2) is 6.16. The Morgan fingerprint density at radius 3 is 3.10 bits per heavy atom. The van der Waals surface area contributed by atoms with Gasteiger partial charge in [0.15, 0.2) is 0 Å². The third kappa shape index (κ3) is 3.63. The van der Waals surface area contributed by atoms with Crippen LogP contribution in [0.25, 0.3) is 0 Å². The average Bonchev–Trinajstić information content (AvgIpc) is 2.79. The smallest absolute Gasteiger partial charge is 0.224 e. The van der Waals surface area contributed by atoms with E-state index in [9.17, 15) is 4.79 Å². The van der Waals surface area contributed by atoms with Gasteiger partial charge in [-0.2, -0.15) is 0 Å². The highest BCUT2D eigenvalue weighted by atomic mass is 16.5. The van der Waals surface area contributed by atoms with Crippen molar-refractivity contribution in [3.63, 3.8) is 0 Å². The normalized spacial score (nSPS) is 29.1. The molecule has 3 rings (SSSR count). The Labute approximate surface area is 126 Å². The van der Waals surface area contributed by atoms with Crippen molar-refractivity contribution >= 4 is 5.91 Å². The van der Waals surface area contributed by atoms with Crippen LogP contribution in [-0.2, 0) is 16.0 Å². The van der Waals surface area contributed by atoms with Gasteiger partial charge in [0, 0.05) is 25.2 Å². The first-order chi connectivity index (χ1) is 10.1. The summed E-state index contributed by atoms with van der Waals surface area (Å²) in [5.74, 6) is 0.124. The molecule has 2 fully saturated rings. The van der Waals surface area contributed by atoms with Crippen LogP contribution < -0.4 is 5.32 Å². The van der Waals surface area contributed by atoms with Gasteiger partial charge >= 0.3 is 0 Å². The lowest BCUT2D eigenvalue weighted by Gasteiger charge is -2.33. The topological polar surface area (TPSA) is 41.6 Å². The van der Waals surface area contributed by atoms with Gasteiger partial charge < -0.3 is 10.1 Å². The molecule has 0 aromatic heterocycles. The second-order valence-corrected chi connectivity index (χ2v) is 6.42. The van der Waals surface area contributed by atoms with E-state index in [1.54, 1.807) is 0 Å². The van der Waals surface area contributed by atoms with Crippen molar-refractivity contribution in [1.82, 2.24) is 10.2 Å². The number of fused-ring (bicyclic) bond motifs is 1. The highest BCUT2D eigenvalue weighted by molar-refractivity contribution is 5.79. The summed E-state index contributed by atoms with van der Waals surface area (Å²) in [5, 5.41) is 3.18. The van der Waals surface area contributed by atoms with Gasteiger partial charge in [-0.05, 0) is 25.8 Å². The zero-order valence-corrected chi connectivity index (χ0v) is 12.8. The fourth-order valence-electron chi connectivity index (χ4n) is 3.43. The van der Waals surface area contributed by atoms with Gasteiger partial charge in [-0.1, -0.05) is 29.8 Å². The van der Waals surface area contributed by atoms with Gasteiger partial charge in [-0.3, -0.25) is 9.69 Å². The Balaban J connectivity index is 1.52. The van der Waals surface area contributed by atoms with Crippen molar-refractivity contribution in [1.29, 1.82) is 0 Å². The third-order valence-corrected chi connectivity index (χ3v) is 4.40. The number of benzene rings is 1. The van der Waals surface area contributed by atoms with Crippen molar-refractivity contribution in [3.05, 3.63) is 35.4 Å². The second-order valence-electron chi connectivity index (χ2n) is 6.42. The maximum absolute atomic E-state index is 12.2. The standard InChI is InChI=1S/C17H24N2O2/c1-12-4-3-5-14(6-12)7-17(20)18-15-8-16-11-21-13(2)9-19(16)10-15/h3-6,13,15-16H,7-11H2,1-2H3,(H,18,20)/t13-,15-,16-/m0/s1. The molecule has 0 bridgehead atoms. The minimum Gasteiger partial charge on any atom is -0.376 e. The van der Waals surface area contributed by atoms with Crippen molar-refractivity contribution in [2.75, 3.05) is 19.7 Å².